The van der Waals surface area contributed by atoms with E-state index in [-0.39, 0.29) is 11.3 Å². The summed E-state index contributed by atoms with van der Waals surface area (Å²) in [5.74, 6) is 0.606. The molecule has 0 saturated carbocycles. The summed E-state index contributed by atoms with van der Waals surface area (Å²) < 4.78 is 5.12. The molecule has 18 heavy (non-hydrogen) atoms. The van der Waals surface area contributed by atoms with Crippen LogP contribution >= 0.6 is 11.8 Å². The van der Waals surface area contributed by atoms with E-state index in [9.17, 15) is 9.59 Å². The van der Waals surface area contributed by atoms with E-state index < -0.39 is 12.1 Å². The van der Waals surface area contributed by atoms with Gasteiger partial charge in [0.25, 0.3) is 0 Å². The third kappa shape index (κ3) is 4.73. The smallest absolute Gasteiger partial charge is 0.312 e. The first-order chi connectivity index (χ1) is 8.47. The summed E-state index contributed by atoms with van der Waals surface area (Å²) in [6.45, 7) is 3.93. The van der Waals surface area contributed by atoms with Crippen LogP contribution in [-0.4, -0.2) is 49.7 Å². The molecule has 1 saturated heterocycles. The molecular weight excluding hydrogens is 254 g/mol. The Balaban J connectivity index is 2.39. The fraction of sp³-hybridized carbons (Fsp3) is 0.818. The summed E-state index contributed by atoms with van der Waals surface area (Å²) in [5, 5.41) is 5.31. The van der Waals surface area contributed by atoms with Crippen molar-refractivity contribution in [1.29, 1.82) is 0 Å². The first-order valence-corrected chi connectivity index (χ1v) is 7.26. The second kappa shape index (κ2) is 6.84. The number of hydrogen-bond donors (Lipinski definition) is 3. The molecule has 0 spiro atoms. The van der Waals surface area contributed by atoms with Crippen LogP contribution in [0.15, 0.2) is 0 Å². The minimum Gasteiger partial charge on any atom is -0.380 e. The van der Waals surface area contributed by atoms with E-state index in [0.29, 0.717) is 26.2 Å². The average molecular weight is 275 g/mol. The molecule has 4 N–H and O–H groups in total. The van der Waals surface area contributed by atoms with Crippen LogP contribution in [0, 0.1) is 5.41 Å². The lowest BCUT2D eigenvalue weighted by Crippen LogP contribution is -2.54. The molecule has 1 aliphatic heterocycles. The first kappa shape index (κ1) is 15.1. The van der Waals surface area contributed by atoms with Gasteiger partial charge < -0.3 is 21.1 Å². The number of carbonyl (C=O) groups excluding carboxylic acids is 2. The molecule has 1 heterocycles. The van der Waals surface area contributed by atoms with Gasteiger partial charge in [0, 0.05) is 12.0 Å². The summed E-state index contributed by atoms with van der Waals surface area (Å²) in [4.78, 5) is 22.8. The number of hydrogen-bond acceptors (Lipinski definition) is 4. The Morgan fingerprint density at radius 1 is 1.50 bits per heavy atom. The lowest BCUT2D eigenvalue weighted by molar-refractivity contribution is -0.128. The predicted octanol–water partition coefficient (Wildman–Crippen LogP) is -0.0709. The van der Waals surface area contributed by atoms with Crippen LogP contribution in [-0.2, 0) is 9.53 Å². The van der Waals surface area contributed by atoms with Crippen molar-refractivity contribution < 1.29 is 14.3 Å². The Morgan fingerprint density at radius 3 is 2.61 bits per heavy atom. The van der Waals surface area contributed by atoms with Crippen LogP contribution in [0.5, 0.6) is 0 Å². The fourth-order valence-electron chi connectivity index (χ4n) is 1.65. The third-order valence-corrected chi connectivity index (χ3v) is 3.48. The normalized spacial score (nSPS) is 18.6. The molecule has 1 unspecified atom stereocenters. The number of primary amides is 1. The Hall–Kier alpha value is -0.950. The van der Waals surface area contributed by atoms with Crippen molar-refractivity contribution in [3.8, 4) is 0 Å². The highest BCUT2D eigenvalue weighted by atomic mass is 32.2. The molecule has 3 amide bonds. The van der Waals surface area contributed by atoms with E-state index in [1.54, 1.807) is 11.8 Å². The molecule has 0 aliphatic carbocycles. The second-order valence-corrected chi connectivity index (χ2v) is 5.85. The van der Waals surface area contributed by atoms with E-state index in [1.807, 2.05) is 6.26 Å². The van der Waals surface area contributed by atoms with E-state index in [2.05, 4.69) is 17.6 Å². The van der Waals surface area contributed by atoms with Crippen molar-refractivity contribution in [1.82, 2.24) is 10.6 Å². The standard InChI is InChI=1S/C11H21N3O3S/c1-11(6-17-7-11)5-13-9(15)8(3-4-18-2)14-10(12)16/h8H,3-7H2,1-2H3,(H,13,15)(H3,12,14,16). The molecule has 1 aliphatic rings. The molecule has 0 aromatic carbocycles. The zero-order valence-electron chi connectivity index (χ0n) is 10.8. The van der Waals surface area contributed by atoms with Gasteiger partial charge in [0.1, 0.15) is 6.04 Å². The number of thioether (sulfide) groups is 1. The molecule has 0 aromatic rings. The summed E-state index contributed by atoms with van der Waals surface area (Å²) in [6.07, 6.45) is 2.52. The average Bonchev–Trinajstić information content (AvgIpc) is 2.28. The minimum absolute atomic E-state index is 0.0203. The molecule has 6 nitrogen and oxygen atoms in total. The Bertz CT molecular complexity index is 308. The zero-order chi connectivity index (χ0) is 13.6. The van der Waals surface area contributed by atoms with E-state index in [4.69, 9.17) is 10.5 Å². The molecule has 0 radical (unpaired) electrons. The molecule has 1 rings (SSSR count). The SMILES string of the molecule is CSCCC(NC(N)=O)C(=O)NCC1(C)COC1. The van der Waals surface area contributed by atoms with Crippen molar-refractivity contribution >= 4 is 23.7 Å². The highest BCUT2D eigenvalue weighted by Crippen LogP contribution is 2.25. The van der Waals surface area contributed by atoms with E-state index in [0.717, 1.165) is 5.75 Å². The minimum atomic E-state index is -0.672. The zero-order valence-corrected chi connectivity index (χ0v) is 11.6. The molecule has 1 atom stereocenters. The molecule has 104 valence electrons. The van der Waals surface area contributed by atoms with Crippen molar-refractivity contribution in [3.63, 3.8) is 0 Å². The van der Waals surface area contributed by atoms with Gasteiger partial charge in [-0.15, -0.1) is 0 Å². The topological polar surface area (TPSA) is 93.5 Å². The van der Waals surface area contributed by atoms with E-state index in [1.165, 1.54) is 0 Å². The molecule has 0 bridgehead atoms. The second-order valence-electron chi connectivity index (χ2n) is 4.86. The van der Waals surface area contributed by atoms with Crippen molar-refractivity contribution in [2.75, 3.05) is 31.8 Å². The van der Waals surface area contributed by atoms with Crippen LogP contribution in [0.2, 0.25) is 0 Å². The predicted molar refractivity (Wildman–Crippen MR) is 71.4 cm³/mol. The van der Waals surface area contributed by atoms with Gasteiger partial charge >= 0.3 is 6.03 Å². The molecule has 1 fully saturated rings. The highest BCUT2D eigenvalue weighted by Gasteiger charge is 2.34. The van der Waals surface area contributed by atoms with Gasteiger partial charge in [-0.1, -0.05) is 6.92 Å². The van der Waals surface area contributed by atoms with E-state index >= 15 is 0 Å². The largest absolute Gasteiger partial charge is 0.380 e. The summed E-state index contributed by atoms with van der Waals surface area (Å²) in [6, 6.07) is -1.23. The van der Waals surface area contributed by atoms with Gasteiger partial charge in [-0.25, -0.2) is 4.79 Å². The van der Waals surface area contributed by atoms with Gasteiger partial charge in [0.05, 0.1) is 13.2 Å². The highest BCUT2D eigenvalue weighted by molar-refractivity contribution is 7.98. The van der Waals surface area contributed by atoms with Crippen LogP contribution in [0.25, 0.3) is 0 Å². The summed E-state index contributed by atoms with van der Waals surface area (Å²) >= 11 is 1.62. The van der Waals surface area contributed by atoms with Gasteiger partial charge in [-0.3, -0.25) is 4.79 Å². The quantitative estimate of drug-likeness (QED) is 0.606. The van der Waals surface area contributed by atoms with Gasteiger partial charge in [0.15, 0.2) is 0 Å². The maximum Gasteiger partial charge on any atom is 0.312 e. The van der Waals surface area contributed by atoms with Gasteiger partial charge in [-0.2, -0.15) is 11.8 Å². The molecular formula is C11H21N3O3S. The fourth-order valence-corrected chi connectivity index (χ4v) is 2.12. The number of nitrogens with two attached hydrogens (primary N) is 1. The molecule has 7 heteroatoms. The molecule has 0 aromatic heterocycles. The summed E-state index contributed by atoms with van der Waals surface area (Å²) in [5.41, 5.74) is 5.09. The van der Waals surface area contributed by atoms with Gasteiger partial charge in [0.2, 0.25) is 5.91 Å². The number of urea groups is 1. The van der Waals surface area contributed by atoms with Gasteiger partial charge in [-0.05, 0) is 18.4 Å². The Labute approximate surface area is 111 Å². The van der Waals surface area contributed by atoms with Crippen LogP contribution in [0.3, 0.4) is 0 Å². The maximum atomic E-state index is 11.9. The van der Waals surface area contributed by atoms with Crippen molar-refractivity contribution in [3.05, 3.63) is 0 Å². The summed E-state index contributed by atoms with van der Waals surface area (Å²) in [7, 11) is 0. The van der Waals surface area contributed by atoms with Crippen LogP contribution in [0.4, 0.5) is 4.79 Å². The number of amides is 3. The Morgan fingerprint density at radius 2 is 2.17 bits per heavy atom. The Kier molecular flexibility index (Phi) is 5.74. The van der Waals surface area contributed by atoms with Crippen LogP contribution in [0.1, 0.15) is 13.3 Å². The lowest BCUT2D eigenvalue weighted by Gasteiger charge is -2.38. The number of nitrogens with one attached hydrogen (secondary N) is 2. The first-order valence-electron chi connectivity index (χ1n) is 5.87. The number of rotatable bonds is 7. The monoisotopic (exact) mass is 275 g/mol. The maximum absolute atomic E-state index is 11.9. The van der Waals surface area contributed by atoms with Crippen molar-refractivity contribution in [2.24, 2.45) is 11.1 Å². The van der Waals surface area contributed by atoms with Crippen molar-refractivity contribution in [2.45, 2.75) is 19.4 Å². The lowest BCUT2D eigenvalue weighted by atomic mass is 9.88. The number of carbonyl (C=O) groups is 2. The van der Waals surface area contributed by atoms with Crippen LogP contribution < -0.4 is 16.4 Å². The number of ether oxygens (including phenoxy) is 1. The third-order valence-electron chi connectivity index (χ3n) is 2.83.